The molecule has 0 spiro atoms. The van der Waals surface area contributed by atoms with Crippen LogP contribution < -0.4 is 5.73 Å². The average Bonchev–Trinajstić information content (AvgIpc) is 1.97. The van der Waals surface area contributed by atoms with E-state index >= 15 is 0 Å². The highest BCUT2D eigenvalue weighted by atomic mass is 16.6. The van der Waals surface area contributed by atoms with Crippen LogP contribution in [-0.2, 0) is 19.1 Å². The lowest BCUT2D eigenvalue weighted by Crippen LogP contribution is -2.55. The molecule has 0 aromatic heterocycles. The van der Waals surface area contributed by atoms with Crippen LogP contribution in [0.3, 0.4) is 0 Å². The van der Waals surface area contributed by atoms with Gasteiger partial charge in [0.2, 0.25) is 0 Å². The number of hydrogen-bond acceptors (Lipinski definition) is 5. The quantitative estimate of drug-likeness (QED) is 0.698. The molecule has 15 heavy (non-hydrogen) atoms. The molecule has 0 amide bonds. The summed E-state index contributed by atoms with van der Waals surface area (Å²) in [7, 11) is 0. The number of ether oxygens (including phenoxy) is 2. The molecule has 0 saturated heterocycles. The molecule has 0 aliphatic carbocycles. The predicted molar refractivity (Wildman–Crippen MR) is 55.1 cm³/mol. The molecule has 0 heterocycles. The maximum absolute atomic E-state index is 11.3. The highest BCUT2D eigenvalue weighted by molar-refractivity contribution is 5.75. The van der Waals surface area contributed by atoms with Gasteiger partial charge in [-0.15, -0.1) is 0 Å². The van der Waals surface area contributed by atoms with Crippen molar-refractivity contribution in [2.75, 3.05) is 6.61 Å². The predicted octanol–water partition coefficient (Wildman–Crippen LogP) is 0.609. The molecule has 2 N–H and O–H groups in total. The Hall–Kier alpha value is -1.10. The van der Waals surface area contributed by atoms with Crippen LogP contribution in [0.25, 0.3) is 0 Å². The van der Waals surface area contributed by atoms with Crippen molar-refractivity contribution in [2.24, 2.45) is 5.73 Å². The topological polar surface area (TPSA) is 78.6 Å². The van der Waals surface area contributed by atoms with E-state index in [1.165, 1.54) is 6.92 Å². The second-order valence-electron chi connectivity index (χ2n) is 4.49. The van der Waals surface area contributed by atoms with Crippen LogP contribution in [0.5, 0.6) is 0 Å². The van der Waals surface area contributed by atoms with E-state index in [0.29, 0.717) is 0 Å². The van der Waals surface area contributed by atoms with E-state index in [4.69, 9.17) is 10.5 Å². The van der Waals surface area contributed by atoms with Gasteiger partial charge >= 0.3 is 11.9 Å². The minimum Gasteiger partial charge on any atom is -0.455 e. The van der Waals surface area contributed by atoms with Gasteiger partial charge in [-0.3, -0.25) is 4.79 Å². The third-order valence-corrected chi connectivity index (χ3v) is 2.31. The molecule has 0 atom stereocenters. The molecule has 0 rings (SSSR count). The monoisotopic (exact) mass is 217 g/mol. The standard InChI is InChI=1S/C10H19NO4/c1-7(12)14-6-8(13)15-10(4,5)9(2,3)11/h6,11H2,1-5H3. The fourth-order valence-electron chi connectivity index (χ4n) is 0.606. The van der Waals surface area contributed by atoms with Crippen LogP contribution in [-0.4, -0.2) is 29.7 Å². The van der Waals surface area contributed by atoms with Gasteiger partial charge in [-0.1, -0.05) is 0 Å². The lowest BCUT2D eigenvalue weighted by Gasteiger charge is -2.37. The highest BCUT2D eigenvalue weighted by Crippen LogP contribution is 2.22. The molecular formula is C10H19NO4. The fourth-order valence-corrected chi connectivity index (χ4v) is 0.606. The van der Waals surface area contributed by atoms with Gasteiger partial charge < -0.3 is 15.2 Å². The summed E-state index contributed by atoms with van der Waals surface area (Å²) < 4.78 is 9.62. The van der Waals surface area contributed by atoms with Crippen molar-refractivity contribution >= 4 is 11.9 Å². The smallest absolute Gasteiger partial charge is 0.344 e. The second-order valence-corrected chi connectivity index (χ2v) is 4.49. The molecule has 0 aromatic carbocycles. The molecular weight excluding hydrogens is 198 g/mol. The largest absolute Gasteiger partial charge is 0.455 e. The minimum absolute atomic E-state index is 0.380. The number of carbonyl (C=O) groups excluding carboxylic acids is 2. The third kappa shape index (κ3) is 4.78. The first-order chi connectivity index (χ1) is 6.56. The Kier molecular flexibility index (Phi) is 4.27. The zero-order chi connectivity index (χ0) is 12.3. The van der Waals surface area contributed by atoms with Gasteiger partial charge in [-0.2, -0.15) is 0 Å². The molecule has 0 fully saturated rings. The highest BCUT2D eigenvalue weighted by Gasteiger charge is 2.37. The first-order valence-electron chi connectivity index (χ1n) is 4.70. The molecule has 5 heteroatoms. The van der Waals surface area contributed by atoms with Crippen LogP contribution in [0.2, 0.25) is 0 Å². The summed E-state index contributed by atoms with van der Waals surface area (Å²) in [6.07, 6.45) is 0. The van der Waals surface area contributed by atoms with Crippen molar-refractivity contribution in [3.05, 3.63) is 0 Å². The zero-order valence-corrected chi connectivity index (χ0v) is 9.92. The van der Waals surface area contributed by atoms with Gasteiger partial charge in [-0.05, 0) is 27.7 Å². The van der Waals surface area contributed by atoms with Gasteiger partial charge in [0.1, 0.15) is 5.60 Å². The van der Waals surface area contributed by atoms with E-state index in [0.717, 1.165) is 0 Å². The molecule has 0 aliphatic heterocycles. The molecule has 0 aliphatic rings. The molecule has 0 unspecified atom stereocenters. The summed E-state index contributed by atoms with van der Waals surface area (Å²) in [5, 5.41) is 0. The summed E-state index contributed by atoms with van der Waals surface area (Å²) >= 11 is 0. The minimum atomic E-state index is -0.815. The van der Waals surface area contributed by atoms with Gasteiger partial charge in [0.25, 0.3) is 0 Å². The fraction of sp³-hybridized carbons (Fsp3) is 0.800. The van der Waals surface area contributed by atoms with E-state index in [9.17, 15) is 9.59 Å². The SMILES string of the molecule is CC(=O)OCC(=O)OC(C)(C)C(C)(C)N. The van der Waals surface area contributed by atoms with Crippen molar-refractivity contribution in [3.8, 4) is 0 Å². The van der Waals surface area contributed by atoms with Gasteiger partial charge in [0.05, 0.1) is 0 Å². The first kappa shape index (κ1) is 13.9. The maximum Gasteiger partial charge on any atom is 0.344 e. The van der Waals surface area contributed by atoms with E-state index < -0.39 is 23.1 Å². The number of hydrogen-bond donors (Lipinski definition) is 1. The van der Waals surface area contributed by atoms with Gasteiger partial charge in [0.15, 0.2) is 6.61 Å². The number of carbonyl (C=O) groups is 2. The summed E-state index contributed by atoms with van der Waals surface area (Å²) in [5.74, 6) is -1.12. The normalized spacial score (nSPS) is 12.1. The van der Waals surface area contributed by atoms with Gasteiger partial charge in [-0.25, -0.2) is 4.79 Å². The lowest BCUT2D eigenvalue weighted by atomic mass is 9.87. The summed E-state index contributed by atoms with van der Waals surface area (Å²) in [4.78, 5) is 21.7. The molecule has 0 aromatic rings. The van der Waals surface area contributed by atoms with Crippen molar-refractivity contribution in [3.63, 3.8) is 0 Å². The summed E-state index contributed by atoms with van der Waals surface area (Å²) in [6, 6.07) is 0. The molecule has 88 valence electrons. The van der Waals surface area contributed by atoms with Crippen molar-refractivity contribution in [1.82, 2.24) is 0 Å². The second kappa shape index (κ2) is 4.61. The van der Waals surface area contributed by atoms with Crippen LogP contribution >= 0.6 is 0 Å². The van der Waals surface area contributed by atoms with Crippen LogP contribution in [0.4, 0.5) is 0 Å². The van der Waals surface area contributed by atoms with Gasteiger partial charge in [0, 0.05) is 12.5 Å². The first-order valence-corrected chi connectivity index (χ1v) is 4.70. The van der Waals surface area contributed by atoms with Crippen LogP contribution in [0.1, 0.15) is 34.6 Å². The van der Waals surface area contributed by atoms with Crippen molar-refractivity contribution in [1.29, 1.82) is 0 Å². The van der Waals surface area contributed by atoms with Crippen molar-refractivity contribution < 1.29 is 19.1 Å². The molecule has 0 saturated carbocycles. The van der Waals surface area contributed by atoms with Crippen molar-refractivity contribution in [2.45, 2.75) is 45.8 Å². The Bertz CT molecular complexity index is 253. The molecule has 0 radical (unpaired) electrons. The number of nitrogens with two attached hydrogens (primary N) is 1. The van der Waals surface area contributed by atoms with E-state index in [1.54, 1.807) is 27.7 Å². The average molecular weight is 217 g/mol. The number of rotatable bonds is 4. The molecule has 5 nitrogen and oxygen atoms in total. The zero-order valence-electron chi connectivity index (χ0n) is 9.92. The maximum atomic E-state index is 11.3. The third-order valence-electron chi connectivity index (χ3n) is 2.31. The van der Waals surface area contributed by atoms with Crippen LogP contribution in [0.15, 0.2) is 0 Å². The Labute approximate surface area is 89.9 Å². The summed E-state index contributed by atoms with van der Waals surface area (Å²) in [5.41, 5.74) is 4.35. The lowest BCUT2D eigenvalue weighted by molar-refractivity contribution is -0.171. The Morgan fingerprint density at radius 3 is 2.00 bits per heavy atom. The molecule has 0 bridgehead atoms. The van der Waals surface area contributed by atoms with Crippen LogP contribution in [0, 0.1) is 0 Å². The van der Waals surface area contributed by atoms with E-state index in [-0.39, 0.29) is 6.61 Å². The van der Waals surface area contributed by atoms with E-state index in [1.807, 2.05) is 0 Å². The number of esters is 2. The van der Waals surface area contributed by atoms with E-state index in [2.05, 4.69) is 4.74 Å². The Morgan fingerprint density at radius 2 is 1.67 bits per heavy atom. The summed E-state index contributed by atoms with van der Waals surface area (Å²) in [6.45, 7) is 7.77. The Balaban J connectivity index is 4.23. The Morgan fingerprint density at radius 1 is 1.20 bits per heavy atom.